The molecule has 0 fully saturated rings. The van der Waals surface area contributed by atoms with Gasteiger partial charge >= 0.3 is 0 Å². The van der Waals surface area contributed by atoms with Crippen LogP contribution in [0, 0.1) is 11.4 Å². The quantitative estimate of drug-likeness (QED) is 0.277. The van der Waals surface area contributed by atoms with E-state index in [1.54, 1.807) is 18.0 Å². The van der Waals surface area contributed by atoms with Crippen LogP contribution in [-0.2, 0) is 0 Å². The number of thioether (sulfide) groups is 1. The third-order valence-electron chi connectivity index (χ3n) is 3.03. The Labute approximate surface area is 180 Å². The van der Waals surface area contributed by atoms with E-state index in [4.69, 9.17) is 26.2 Å². The Kier molecular flexibility index (Phi) is 19.8. The molecule has 0 bridgehead atoms. The molecule has 0 aromatic carbocycles. The third-order valence-corrected chi connectivity index (χ3v) is 4.47. The molecule has 0 aliphatic rings. The summed E-state index contributed by atoms with van der Waals surface area (Å²) < 4.78 is 12.0. The minimum atomic E-state index is 0.206. The maximum absolute atomic E-state index is 8.82. The van der Waals surface area contributed by atoms with E-state index < -0.39 is 0 Å². The van der Waals surface area contributed by atoms with E-state index in [0.29, 0.717) is 15.7 Å². The smallest absolute Gasteiger partial charge is 0.197 e. The number of aliphatic hydroxyl groups excluding tert-OH is 1. The third kappa shape index (κ3) is 9.92. The van der Waals surface area contributed by atoms with Gasteiger partial charge in [0.15, 0.2) is 17.1 Å². The van der Waals surface area contributed by atoms with Gasteiger partial charge in [-0.1, -0.05) is 53.8 Å². The molecule has 0 radical (unpaired) electrons. The predicted molar refractivity (Wildman–Crippen MR) is 129 cm³/mol. The van der Waals surface area contributed by atoms with Gasteiger partial charge in [0.05, 0.1) is 17.4 Å². The summed E-state index contributed by atoms with van der Waals surface area (Å²) in [5.74, 6) is 3.14. The Morgan fingerprint density at radius 2 is 1.70 bits per heavy atom. The van der Waals surface area contributed by atoms with Crippen LogP contribution >= 0.6 is 36.6 Å². The highest BCUT2D eigenvalue weighted by Gasteiger charge is 2.13. The normalized spacial score (nSPS) is 9.37. The van der Waals surface area contributed by atoms with E-state index >= 15 is 0 Å². The van der Waals surface area contributed by atoms with E-state index in [9.17, 15) is 0 Å². The summed E-state index contributed by atoms with van der Waals surface area (Å²) in [5.41, 5.74) is 2.29. The average Bonchev–Trinajstić information content (AvgIpc) is 3.10. The summed E-state index contributed by atoms with van der Waals surface area (Å²) in [4.78, 5) is 2.12. The molecule has 0 spiro atoms. The van der Waals surface area contributed by atoms with Gasteiger partial charge in [0.1, 0.15) is 0 Å². The highest BCUT2D eigenvalue weighted by Crippen LogP contribution is 2.27. The Bertz CT molecular complexity index is 641. The molecule has 2 aromatic rings. The fraction of sp³-hybridized carbons (Fsp3) is 0.650. The largest absolute Gasteiger partial charge is 0.459 e. The minimum absolute atomic E-state index is 0.206. The molecular weight excluding hydrogens is 398 g/mol. The molecule has 0 saturated carbocycles. The molecule has 2 heterocycles. The van der Waals surface area contributed by atoms with Crippen LogP contribution in [0.1, 0.15) is 47.1 Å². The van der Waals surface area contributed by atoms with Crippen molar-refractivity contribution in [3.63, 3.8) is 0 Å². The molecule has 7 heteroatoms. The molecule has 0 unspecified atom stereocenters. The Morgan fingerprint density at radius 1 is 1.07 bits per heavy atom. The molecule has 0 saturated heterocycles. The second-order valence-corrected chi connectivity index (χ2v) is 6.68. The van der Waals surface area contributed by atoms with Crippen molar-refractivity contribution in [1.29, 1.82) is 0 Å². The molecule has 0 atom stereocenters. The van der Waals surface area contributed by atoms with Gasteiger partial charge in [-0.15, -0.1) is 0 Å². The van der Waals surface area contributed by atoms with Gasteiger partial charge < -0.3 is 18.8 Å². The maximum atomic E-state index is 8.82. The summed E-state index contributed by atoms with van der Waals surface area (Å²) >= 11 is 11.4. The first-order valence-electron chi connectivity index (χ1n) is 9.73. The van der Waals surface area contributed by atoms with E-state index in [1.165, 1.54) is 0 Å². The summed E-state index contributed by atoms with van der Waals surface area (Å²) in [7, 11) is 0. The molecule has 0 aliphatic carbocycles. The second-order valence-electron chi connectivity index (χ2n) is 4.57. The zero-order chi connectivity index (χ0) is 21.2. The number of nitrogens with zero attached hydrogens (tertiary/aromatic N) is 1. The molecule has 2 aromatic heterocycles. The van der Waals surface area contributed by atoms with Crippen molar-refractivity contribution < 1.29 is 13.9 Å². The highest BCUT2D eigenvalue weighted by atomic mass is 32.2. The van der Waals surface area contributed by atoms with Gasteiger partial charge in [0.2, 0.25) is 0 Å². The van der Waals surface area contributed by atoms with Crippen LogP contribution in [-0.4, -0.2) is 42.1 Å². The first-order valence-corrected chi connectivity index (χ1v) is 11.9. The number of aliphatic hydroxyl groups is 1. The maximum Gasteiger partial charge on any atom is 0.197 e. The van der Waals surface area contributed by atoms with Gasteiger partial charge in [-0.05, 0) is 6.92 Å². The van der Waals surface area contributed by atoms with Crippen LogP contribution in [0.15, 0.2) is 21.2 Å². The van der Waals surface area contributed by atoms with Gasteiger partial charge in [-0.25, -0.2) is 0 Å². The molecule has 1 N–H and O–H groups in total. The molecule has 4 nitrogen and oxygen atoms in total. The first kappa shape index (κ1) is 28.6. The molecule has 27 heavy (non-hydrogen) atoms. The van der Waals surface area contributed by atoms with Gasteiger partial charge in [-0.3, -0.25) is 0 Å². The van der Waals surface area contributed by atoms with Crippen molar-refractivity contribution in [2.45, 2.75) is 48.5 Å². The average molecular weight is 436 g/mol. The number of aryl methyl sites for hydroxylation is 1. The van der Waals surface area contributed by atoms with Crippen molar-refractivity contribution in [3.05, 3.63) is 22.4 Å². The fourth-order valence-electron chi connectivity index (χ4n) is 1.99. The van der Waals surface area contributed by atoms with Crippen molar-refractivity contribution in [1.82, 2.24) is 0 Å². The van der Waals surface area contributed by atoms with E-state index in [1.807, 2.05) is 54.5 Å². The lowest BCUT2D eigenvalue weighted by Gasteiger charge is -2.22. The topological polar surface area (TPSA) is 49.8 Å². The number of furan rings is 1. The monoisotopic (exact) mass is 435 g/mol. The zero-order valence-corrected chi connectivity index (χ0v) is 20.4. The summed E-state index contributed by atoms with van der Waals surface area (Å²) in [6.45, 7) is 15.8. The van der Waals surface area contributed by atoms with E-state index in [2.05, 4.69) is 17.5 Å². The SMILES string of the molecule is CC.CC.CC.Cc1coc2c(=S)cc(N(CCS)CCSCCO)oc12. The lowest BCUT2D eigenvalue weighted by Crippen LogP contribution is -2.28. The number of rotatable bonds is 8. The summed E-state index contributed by atoms with van der Waals surface area (Å²) in [6.07, 6.45) is 1.66. The van der Waals surface area contributed by atoms with Crippen molar-refractivity contribution >= 4 is 53.7 Å². The number of thiol groups is 1. The number of anilines is 1. The van der Waals surface area contributed by atoms with E-state index in [0.717, 1.165) is 41.8 Å². The van der Waals surface area contributed by atoms with Crippen molar-refractivity contribution in [2.75, 3.05) is 41.9 Å². The Hall–Kier alpha value is -0.630. The van der Waals surface area contributed by atoms with Crippen LogP contribution in [0.25, 0.3) is 11.2 Å². The summed E-state index contributed by atoms with van der Waals surface area (Å²) in [5, 5.41) is 8.82. The molecule has 0 amide bonds. The van der Waals surface area contributed by atoms with Gasteiger partial charge in [0, 0.05) is 42.0 Å². The van der Waals surface area contributed by atoms with Crippen LogP contribution < -0.4 is 4.90 Å². The lowest BCUT2D eigenvalue weighted by atomic mass is 10.3. The van der Waals surface area contributed by atoms with Crippen molar-refractivity contribution in [3.8, 4) is 0 Å². The Balaban J connectivity index is 0. The molecule has 2 rings (SSSR count). The fourth-order valence-corrected chi connectivity index (χ4v) is 3.16. The van der Waals surface area contributed by atoms with Crippen molar-refractivity contribution in [2.24, 2.45) is 0 Å². The molecule has 158 valence electrons. The zero-order valence-electron chi connectivity index (χ0n) is 17.9. The van der Waals surface area contributed by atoms with Crippen LogP contribution in [0.2, 0.25) is 0 Å². The first-order chi connectivity index (χ1) is 13.2. The number of hydrogen-bond acceptors (Lipinski definition) is 7. The standard InChI is InChI=1S/C14H19NO3S3.3C2H6/c1-10-9-17-14-11(20)8-12(18-13(10)14)15(2-5-19)3-6-21-7-4-16;3*1-2/h8-9,16,19H,2-7H2,1H3;3*1-2H3. The molecular formula is C20H37NO3S3. The number of fused-ring (bicyclic) bond motifs is 1. The van der Waals surface area contributed by atoms with Gasteiger partial charge in [0.25, 0.3) is 0 Å². The second kappa shape index (κ2) is 18.7. The van der Waals surface area contributed by atoms with E-state index in [-0.39, 0.29) is 6.61 Å². The Morgan fingerprint density at radius 3 is 2.26 bits per heavy atom. The lowest BCUT2D eigenvalue weighted by molar-refractivity contribution is 0.322. The van der Waals surface area contributed by atoms with Crippen LogP contribution in [0.4, 0.5) is 5.88 Å². The molecule has 0 aliphatic heterocycles. The van der Waals surface area contributed by atoms with Gasteiger partial charge in [-0.2, -0.15) is 24.4 Å². The predicted octanol–water partition coefficient (Wildman–Crippen LogP) is 6.60. The minimum Gasteiger partial charge on any atom is -0.459 e. The summed E-state index contributed by atoms with van der Waals surface area (Å²) in [6, 6.07) is 1.83. The van der Waals surface area contributed by atoms with Crippen LogP contribution in [0.5, 0.6) is 0 Å². The number of hydrogen-bond donors (Lipinski definition) is 2. The van der Waals surface area contributed by atoms with Crippen LogP contribution in [0.3, 0.4) is 0 Å². The highest BCUT2D eigenvalue weighted by molar-refractivity contribution is 7.99.